The van der Waals surface area contributed by atoms with Crippen LogP contribution in [0.5, 0.6) is 0 Å². The third kappa shape index (κ3) is 4.49. The molecule has 33 heavy (non-hydrogen) atoms. The summed E-state index contributed by atoms with van der Waals surface area (Å²) in [5.41, 5.74) is 6.13. The normalized spacial score (nSPS) is 11.7. The number of oxime groups is 1. The Morgan fingerprint density at radius 3 is 2.48 bits per heavy atom. The van der Waals surface area contributed by atoms with E-state index in [4.69, 9.17) is 9.40 Å². The standard InChI is InChI=1S/C26H20N4O2S/c1-17-11-13-19(14-12-17)23-15-21(20-9-5-6-10-22(20)27-23)25-28-29-26(32-25)33-16-24(30-31)18-7-3-2-4-8-18/h2-15,31H,16H2,1H3/b30-24-. The van der Waals surface area contributed by atoms with Gasteiger partial charge in [0.2, 0.25) is 5.89 Å². The van der Waals surface area contributed by atoms with Crippen LogP contribution in [-0.4, -0.2) is 31.9 Å². The molecule has 5 aromatic rings. The highest BCUT2D eigenvalue weighted by atomic mass is 32.2. The summed E-state index contributed by atoms with van der Waals surface area (Å²) < 4.78 is 5.99. The van der Waals surface area contributed by atoms with Crippen LogP contribution >= 0.6 is 11.8 Å². The van der Waals surface area contributed by atoms with E-state index in [0.29, 0.717) is 22.6 Å². The summed E-state index contributed by atoms with van der Waals surface area (Å²) in [6, 6.07) is 27.7. The second-order valence-corrected chi connectivity index (χ2v) is 8.44. The number of para-hydroxylation sites is 1. The van der Waals surface area contributed by atoms with E-state index in [1.165, 1.54) is 17.3 Å². The van der Waals surface area contributed by atoms with Crippen LogP contribution in [0.1, 0.15) is 11.1 Å². The third-order valence-corrected chi connectivity index (χ3v) is 6.09. The average Bonchev–Trinajstić information content (AvgIpc) is 3.34. The number of fused-ring (bicyclic) bond motifs is 1. The first kappa shape index (κ1) is 20.9. The molecule has 0 unspecified atom stereocenters. The molecule has 0 radical (unpaired) electrons. The van der Waals surface area contributed by atoms with Crippen molar-refractivity contribution in [1.29, 1.82) is 0 Å². The van der Waals surface area contributed by atoms with Crippen LogP contribution in [0, 0.1) is 6.92 Å². The van der Waals surface area contributed by atoms with Crippen molar-refractivity contribution >= 4 is 28.4 Å². The van der Waals surface area contributed by atoms with Crippen molar-refractivity contribution in [3.05, 3.63) is 96.1 Å². The van der Waals surface area contributed by atoms with E-state index < -0.39 is 0 Å². The second kappa shape index (κ2) is 9.26. The Balaban J connectivity index is 1.46. The molecule has 0 aliphatic heterocycles. The summed E-state index contributed by atoms with van der Waals surface area (Å²) in [7, 11) is 0. The van der Waals surface area contributed by atoms with Gasteiger partial charge in [0, 0.05) is 22.3 Å². The van der Waals surface area contributed by atoms with Gasteiger partial charge in [-0.05, 0) is 19.1 Å². The highest BCUT2D eigenvalue weighted by molar-refractivity contribution is 7.99. The number of rotatable bonds is 6. The first-order chi connectivity index (χ1) is 16.2. The molecule has 2 heterocycles. The zero-order valence-corrected chi connectivity index (χ0v) is 18.7. The Hall–Kier alpha value is -3.97. The van der Waals surface area contributed by atoms with Gasteiger partial charge >= 0.3 is 0 Å². The monoisotopic (exact) mass is 452 g/mol. The number of pyridine rings is 1. The van der Waals surface area contributed by atoms with E-state index in [0.717, 1.165) is 33.3 Å². The van der Waals surface area contributed by atoms with E-state index in [9.17, 15) is 5.21 Å². The highest BCUT2D eigenvalue weighted by Crippen LogP contribution is 2.33. The van der Waals surface area contributed by atoms with Gasteiger partial charge < -0.3 is 9.62 Å². The second-order valence-electron chi connectivity index (χ2n) is 7.51. The van der Waals surface area contributed by atoms with E-state index in [1.807, 2.05) is 60.7 Å². The number of thioether (sulfide) groups is 1. The molecular formula is C26H20N4O2S. The molecule has 0 fully saturated rings. The van der Waals surface area contributed by atoms with Crippen LogP contribution in [0.2, 0.25) is 0 Å². The molecule has 0 atom stereocenters. The molecule has 2 aromatic heterocycles. The van der Waals surface area contributed by atoms with Gasteiger partial charge in [-0.15, -0.1) is 10.2 Å². The summed E-state index contributed by atoms with van der Waals surface area (Å²) in [6.07, 6.45) is 0. The first-order valence-corrected chi connectivity index (χ1v) is 11.4. The van der Waals surface area contributed by atoms with Crippen molar-refractivity contribution in [2.75, 3.05) is 5.75 Å². The largest absolute Gasteiger partial charge is 0.411 e. The number of hydrogen-bond acceptors (Lipinski definition) is 7. The van der Waals surface area contributed by atoms with Gasteiger partial charge in [-0.3, -0.25) is 0 Å². The third-order valence-electron chi connectivity index (χ3n) is 5.26. The Morgan fingerprint density at radius 2 is 1.70 bits per heavy atom. The molecular weight excluding hydrogens is 432 g/mol. The van der Waals surface area contributed by atoms with Crippen molar-refractivity contribution in [3.8, 4) is 22.7 Å². The summed E-state index contributed by atoms with van der Waals surface area (Å²) in [5.74, 6) is 0.820. The van der Waals surface area contributed by atoms with Gasteiger partial charge in [0.05, 0.1) is 22.5 Å². The van der Waals surface area contributed by atoms with Gasteiger partial charge in [-0.2, -0.15) is 0 Å². The van der Waals surface area contributed by atoms with Crippen LogP contribution in [0.3, 0.4) is 0 Å². The minimum absolute atomic E-state index is 0.397. The Labute approximate surface area is 195 Å². The highest BCUT2D eigenvalue weighted by Gasteiger charge is 2.16. The van der Waals surface area contributed by atoms with Crippen molar-refractivity contribution in [3.63, 3.8) is 0 Å². The van der Waals surface area contributed by atoms with Crippen molar-refractivity contribution in [2.24, 2.45) is 5.16 Å². The van der Waals surface area contributed by atoms with E-state index in [2.05, 4.69) is 46.5 Å². The first-order valence-electron chi connectivity index (χ1n) is 10.4. The fourth-order valence-corrected chi connectivity index (χ4v) is 4.25. The molecule has 0 saturated heterocycles. The summed E-state index contributed by atoms with van der Waals surface area (Å²) in [6.45, 7) is 2.06. The predicted octanol–water partition coefficient (Wildman–Crippen LogP) is 6.23. The molecule has 5 rings (SSSR count). The van der Waals surface area contributed by atoms with Crippen LogP contribution in [0.15, 0.2) is 99.7 Å². The van der Waals surface area contributed by atoms with Crippen LogP contribution in [0.4, 0.5) is 0 Å². The minimum atomic E-state index is 0.397. The van der Waals surface area contributed by atoms with Crippen molar-refractivity contribution < 1.29 is 9.62 Å². The molecule has 0 aliphatic carbocycles. The molecule has 0 bridgehead atoms. The van der Waals surface area contributed by atoms with Crippen molar-refractivity contribution in [1.82, 2.24) is 15.2 Å². The van der Waals surface area contributed by atoms with E-state index in [-0.39, 0.29) is 0 Å². The molecule has 0 amide bonds. The smallest absolute Gasteiger partial charge is 0.277 e. The fourth-order valence-electron chi connectivity index (χ4n) is 3.53. The predicted molar refractivity (Wildman–Crippen MR) is 131 cm³/mol. The zero-order valence-electron chi connectivity index (χ0n) is 17.8. The summed E-state index contributed by atoms with van der Waals surface area (Å²) in [5, 5.41) is 22.7. The Morgan fingerprint density at radius 1 is 0.939 bits per heavy atom. The molecule has 6 nitrogen and oxygen atoms in total. The number of aryl methyl sites for hydroxylation is 1. The maximum atomic E-state index is 9.42. The Bertz CT molecular complexity index is 1430. The number of aromatic nitrogens is 3. The lowest BCUT2D eigenvalue weighted by atomic mass is 10.0. The number of hydrogen-bond donors (Lipinski definition) is 1. The molecule has 0 aliphatic rings. The van der Waals surface area contributed by atoms with E-state index in [1.54, 1.807) is 0 Å². The molecule has 3 aromatic carbocycles. The molecule has 1 N–H and O–H groups in total. The van der Waals surface area contributed by atoms with Crippen molar-refractivity contribution in [2.45, 2.75) is 12.1 Å². The topological polar surface area (TPSA) is 84.4 Å². The maximum absolute atomic E-state index is 9.42. The average molecular weight is 453 g/mol. The SMILES string of the molecule is Cc1ccc(-c2cc(-c3nnc(SC/C(=N/O)c4ccccc4)o3)c3ccccc3n2)cc1. The number of nitrogens with zero attached hydrogens (tertiary/aromatic N) is 4. The molecule has 162 valence electrons. The quantitative estimate of drug-likeness (QED) is 0.142. The summed E-state index contributed by atoms with van der Waals surface area (Å²) in [4.78, 5) is 4.83. The minimum Gasteiger partial charge on any atom is -0.411 e. The Kier molecular flexibility index (Phi) is 5.87. The lowest BCUT2D eigenvalue weighted by Gasteiger charge is -2.08. The molecule has 0 spiro atoms. The maximum Gasteiger partial charge on any atom is 0.277 e. The van der Waals surface area contributed by atoms with Gasteiger partial charge in [0.1, 0.15) is 0 Å². The van der Waals surface area contributed by atoms with Gasteiger partial charge in [-0.25, -0.2) is 4.98 Å². The molecule has 0 saturated carbocycles. The van der Waals surface area contributed by atoms with Gasteiger partial charge in [0.25, 0.3) is 5.22 Å². The summed E-state index contributed by atoms with van der Waals surface area (Å²) >= 11 is 1.32. The van der Waals surface area contributed by atoms with Crippen LogP contribution in [-0.2, 0) is 0 Å². The lowest BCUT2D eigenvalue weighted by molar-refractivity contribution is 0.319. The zero-order chi connectivity index (χ0) is 22.6. The van der Waals surface area contributed by atoms with Gasteiger partial charge in [0.15, 0.2) is 0 Å². The lowest BCUT2D eigenvalue weighted by Crippen LogP contribution is -2.04. The van der Waals surface area contributed by atoms with Crippen LogP contribution in [0.25, 0.3) is 33.6 Å². The molecule has 7 heteroatoms. The number of benzene rings is 3. The van der Waals surface area contributed by atoms with Crippen LogP contribution < -0.4 is 0 Å². The fraction of sp³-hybridized carbons (Fsp3) is 0.0769. The van der Waals surface area contributed by atoms with Gasteiger partial charge in [-0.1, -0.05) is 95.3 Å². The van der Waals surface area contributed by atoms with E-state index >= 15 is 0 Å².